The number of amidine groups is 1. The van der Waals surface area contributed by atoms with Crippen LogP contribution in [0.15, 0.2) is 65.8 Å². The lowest BCUT2D eigenvalue weighted by molar-refractivity contribution is 0.434. The fourth-order valence-electron chi connectivity index (χ4n) is 1.92. The van der Waals surface area contributed by atoms with Crippen molar-refractivity contribution in [1.82, 2.24) is 10.4 Å². The summed E-state index contributed by atoms with van der Waals surface area (Å²) in [5.74, 6) is 0.644. The lowest BCUT2D eigenvalue weighted by Gasteiger charge is -2.31. The first-order chi connectivity index (χ1) is 9.75. The van der Waals surface area contributed by atoms with Gasteiger partial charge in [0, 0.05) is 12.6 Å². The molecule has 2 aromatic rings. The fraction of sp³-hybridized carbons (Fsp3) is 0.0667. The van der Waals surface area contributed by atoms with Crippen molar-refractivity contribution in [3.8, 4) is 0 Å². The van der Waals surface area contributed by atoms with E-state index < -0.39 is 0 Å². The van der Waals surface area contributed by atoms with Crippen molar-refractivity contribution in [3.05, 3.63) is 66.2 Å². The van der Waals surface area contributed by atoms with E-state index in [0.717, 1.165) is 11.3 Å². The summed E-state index contributed by atoms with van der Waals surface area (Å²) in [6, 6.07) is 19.7. The van der Waals surface area contributed by atoms with Gasteiger partial charge >= 0.3 is 0 Å². The summed E-state index contributed by atoms with van der Waals surface area (Å²) in [6.45, 7) is 0. The molecule has 0 spiro atoms. The topological polar surface area (TPSA) is 32.9 Å². The van der Waals surface area contributed by atoms with E-state index in [1.165, 1.54) is 0 Å². The first-order valence-electron chi connectivity index (χ1n) is 6.24. The highest BCUT2D eigenvalue weighted by molar-refractivity contribution is 7.80. The molecular weight excluding hydrogens is 268 g/mol. The van der Waals surface area contributed by atoms with Gasteiger partial charge in [-0.05, 0) is 24.4 Å². The van der Waals surface area contributed by atoms with Crippen molar-refractivity contribution in [2.24, 2.45) is 5.10 Å². The Morgan fingerprint density at radius 2 is 1.50 bits per heavy atom. The molecule has 1 heterocycles. The number of hydrazone groups is 1. The summed E-state index contributed by atoms with van der Waals surface area (Å²) in [6.07, 6.45) is 0. The monoisotopic (exact) mass is 281 g/mol. The Kier molecular flexibility index (Phi) is 3.35. The van der Waals surface area contributed by atoms with Gasteiger partial charge in [-0.25, -0.2) is 10.0 Å². The third-order valence-corrected chi connectivity index (χ3v) is 3.37. The summed E-state index contributed by atoms with van der Waals surface area (Å²) >= 11 is 5.39. The summed E-state index contributed by atoms with van der Waals surface area (Å²) in [5.41, 5.74) is 6.29. The van der Waals surface area contributed by atoms with Gasteiger partial charge in [-0.2, -0.15) is 0 Å². The van der Waals surface area contributed by atoms with Gasteiger partial charge in [0.25, 0.3) is 0 Å². The minimum atomic E-state index is 0.552. The van der Waals surface area contributed by atoms with Crippen LogP contribution in [-0.4, -0.2) is 23.0 Å². The zero-order valence-electron chi connectivity index (χ0n) is 11.0. The number of hydrogen-bond acceptors (Lipinski definition) is 2. The maximum absolute atomic E-state index is 5.39. The second kappa shape index (κ2) is 5.30. The standard InChI is InChI=1S/C15H13N4S/c1-18-15(20)19(13-10-6-3-7-11-13)17-14(16-18)12-8-4-2-5-9-12/h2-11H,1H3. The summed E-state index contributed by atoms with van der Waals surface area (Å²) in [4.78, 5) is 0. The molecule has 0 saturated heterocycles. The first-order valence-corrected chi connectivity index (χ1v) is 6.65. The molecule has 0 bridgehead atoms. The third-order valence-electron chi connectivity index (χ3n) is 2.93. The van der Waals surface area contributed by atoms with Crippen LogP contribution in [0.3, 0.4) is 0 Å². The molecule has 0 unspecified atom stereocenters. The van der Waals surface area contributed by atoms with E-state index in [9.17, 15) is 0 Å². The van der Waals surface area contributed by atoms with E-state index >= 15 is 0 Å². The van der Waals surface area contributed by atoms with Gasteiger partial charge in [0.1, 0.15) is 0 Å². The SMILES string of the molecule is CN1[N]C(c2ccccc2)=NN(c2ccccc2)C1=S. The molecule has 0 amide bonds. The highest BCUT2D eigenvalue weighted by Gasteiger charge is 2.24. The Bertz CT molecular complexity index is 639. The van der Waals surface area contributed by atoms with Gasteiger partial charge < -0.3 is 0 Å². The van der Waals surface area contributed by atoms with Gasteiger partial charge in [-0.15, -0.1) is 10.5 Å². The number of thiocarbonyl (C=S) groups is 1. The van der Waals surface area contributed by atoms with Gasteiger partial charge in [0.15, 0.2) is 5.84 Å². The molecule has 1 aliphatic rings. The number of nitrogens with zero attached hydrogens (tertiary/aromatic N) is 4. The molecule has 0 saturated carbocycles. The Morgan fingerprint density at radius 1 is 0.900 bits per heavy atom. The van der Waals surface area contributed by atoms with Crippen LogP contribution >= 0.6 is 12.2 Å². The zero-order chi connectivity index (χ0) is 13.9. The first kappa shape index (κ1) is 12.6. The number of rotatable bonds is 2. The fourth-order valence-corrected chi connectivity index (χ4v) is 2.11. The maximum Gasteiger partial charge on any atom is 0.217 e. The predicted molar refractivity (Wildman–Crippen MR) is 84.4 cm³/mol. The van der Waals surface area contributed by atoms with Gasteiger partial charge in [0.05, 0.1) is 5.69 Å². The minimum absolute atomic E-state index is 0.552. The minimum Gasteiger partial charge on any atom is -0.239 e. The van der Waals surface area contributed by atoms with Crippen molar-refractivity contribution in [2.45, 2.75) is 0 Å². The smallest absolute Gasteiger partial charge is 0.217 e. The zero-order valence-corrected chi connectivity index (χ0v) is 11.8. The van der Waals surface area contributed by atoms with Gasteiger partial charge in [0.2, 0.25) is 5.11 Å². The number of anilines is 1. The molecule has 0 atom stereocenters. The van der Waals surface area contributed by atoms with Crippen LogP contribution in [0.25, 0.3) is 0 Å². The summed E-state index contributed by atoms with van der Waals surface area (Å²) in [7, 11) is 1.83. The molecule has 2 aromatic carbocycles. The van der Waals surface area contributed by atoms with Crippen LogP contribution in [0.1, 0.15) is 5.56 Å². The van der Waals surface area contributed by atoms with E-state index in [4.69, 9.17) is 12.2 Å². The summed E-state index contributed by atoms with van der Waals surface area (Å²) < 4.78 is 0. The molecule has 4 nitrogen and oxygen atoms in total. The average molecular weight is 281 g/mol. The summed E-state index contributed by atoms with van der Waals surface area (Å²) in [5, 5.41) is 8.50. The van der Waals surface area contributed by atoms with Crippen LogP contribution in [0.5, 0.6) is 0 Å². The van der Waals surface area contributed by atoms with Crippen molar-refractivity contribution in [3.63, 3.8) is 0 Å². The Balaban J connectivity index is 2.02. The number of hydrogen-bond donors (Lipinski definition) is 0. The second-order valence-corrected chi connectivity index (χ2v) is 4.71. The molecule has 0 aromatic heterocycles. The Labute approximate surface area is 123 Å². The number of benzene rings is 2. The molecule has 0 aliphatic carbocycles. The van der Waals surface area contributed by atoms with E-state index in [1.54, 1.807) is 10.0 Å². The molecule has 5 heteroatoms. The third kappa shape index (κ3) is 2.35. The average Bonchev–Trinajstić information content (AvgIpc) is 2.51. The van der Waals surface area contributed by atoms with Crippen molar-refractivity contribution in [2.75, 3.05) is 12.1 Å². The number of para-hydroxylation sites is 1. The normalized spacial score (nSPS) is 14.8. The van der Waals surface area contributed by atoms with E-state index in [0.29, 0.717) is 10.9 Å². The van der Waals surface area contributed by atoms with E-state index in [2.05, 4.69) is 10.5 Å². The maximum atomic E-state index is 5.39. The highest BCUT2D eigenvalue weighted by Crippen LogP contribution is 2.19. The highest BCUT2D eigenvalue weighted by atomic mass is 32.1. The van der Waals surface area contributed by atoms with Gasteiger partial charge in [-0.1, -0.05) is 48.5 Å². The predicted octanol–water partition coefficient (Wildman–Crippen LogP) is 2.60. The molecule has 3 rings (SSSR count). The lowest BCUT2D eigenvalue weighted by atomic mass is 10.2. The van der Waals surface area contributed by atoms with E-state index in [-0.39, 0.29) is 0 Å². The largest absolute Gasteiger partial charge is 0.239 e. The van der Waals surface area contributed by atoms with Gasteiger partial charge in [-0.3, -0.25) is 0 Å². The van der Waals surface area contributed by atoms with Crippen LogP contribution in [0.4, 0.5) is 5.69 Å². The molecule has 1 radical (unpaired) electrons. The van der Waals surface area contributed by atoms with E-state index in [1.807, 2.05) is 67.7 Å². The molecule has 0 N–H and O–H groups in total. The molecule has 0 fully saturated rings. The quantitative estimate of drug-likeness (QED) is 0.793. The molecule has 1 aliphatic heterocycles. The van der Waals surface area contributed by atoms with Crippen molar-refractivity contribution in [1.29, 1.82) is 0 Å². The van der Waals surface area contributed by atoms with Crippen LogP contribution in [-0.2, 0) is 0 Å². The second-order valence-electron chi connectivity index (χ2n) is 4.34. The van der Waals surface area contributed by atoms with Crippen molar-refractivity contribution >= 4 is 28.9 Å². The molecule has 99 valence electrons. The van der Waals surface area contributed by atoms with Crippen LogP contribution in [0, 0.1) is 0 Å². The van der Waals surface area contributed by atoms with Crippen LogP contribution in [0.2, 0.25) is 0 Å². The van der Waals surface area contributed by atoms with Crippen molar-refractivity contribution < 1.29 is 0 Å². The lowest BCUT2D eigenvalue weighted by Crippen LogP contribution is -2.50. The molecular formula is C15H13N4S. The van der Waals surface area contributed by atoms with Crippen LogP contribution < -0.4 is 10.4 Å². The Morgan fingerprint density at radius 3 is 2.15 bits per heavy atom. The molecule has 20 heavy (non-hydrogen) atoms. The Hall–Kier alpha value is -2.40.